The molecule has 6 nitrogen and oxygen atoms in total. The van der Waals surface area contributed by atoms with Crippen molar-refractivity contribution in [1.82, 2.24) is 9.80 Å². The highest BCUT2D eigenvalue weighted by atomic mass is 16.5. The molecule has 0 saturated heterocycles. The maximum absolute atomic E-state index is 12.8. The third-order valence-corrected chi connectivity index (χ3v) is 5.35. The average molecular weight is 364 g/mol. The Morgan fingerprint density at radius 3 is 2.37 bits per heavy atom. The zero-order valence-corrected chi connectivity index (χ0v) is 15.3. The Balaban J connectivity index is 1.73. The van der Waals surface area contributed by atoms with Gasteiger partial charge in [-0.15, -0.1) is 0 Å². The van der Waals surface area contributed by atoms with E-state index in [1.54, 1.807) is 36.3 Å². The zero-order chi connectivity index (χ0) is 19.1. The number of nitrogens with zero attached hydrogens (tertiary/aromatic N) is 2. The molecule has 0 bridgehead atoms. The van der Waals surface area contributed by atoms with Crippen LogP contribution in [0.2, 0.25) is 0 Å². The minimum atomic E-state index is -0.386. The van der Waals surface area contributed by atoms with Crippen LogP contribution in [-0.4, -0.2) is 47.7 Å². The van der Waals surface area contributed by atoms with Crippen molar-refractivity contribution in [2.24, 2.45) is 0 Å². The van der Waals surface area contributed by atoms with Crippen LogP contribution in [0.5, 0.6) is 5.75 Å². The van der Waals surface area contributed by atoms with Crippen molar-refractivity contribution < 1.29 is 19.1 Å². The van der Waals surface area contributed by atoms with Gasteiger partial charge in [0, 0.05) is 13.5 Å². The summed E-state index contributed by atoms with van der Waals surface area (Å²) in [7, 11) is 1.59. The molecule has 0 saturated carbocycles. The van der Waals surface area contributed by atoms with Crippen molar-refractivity contribution >= 4 is 17.7 Å². The molecule has 0 radical (unpaired) electrons. The standard InChI is InChI=1S/C21H20N2O4/c1-13(24)22-10-9-14-7-8-15(27-2)11-18(14)19(22)12-23-20(25)16-5-3-4-6-17(16)21(23)26/h3-8,11,19H,9-10,12H2,1-2H3. The van der Waals surface area contributed by atoms with Gasteiger partial charge >= 0.3 is 0 Å². The van der Waals surface area contributed by atoms with Gasteiger partial charge in [0.2, 0.25) is 5.91 Å². The molecular formula is C21H20N2O4. The highest BCUT2D eigenvalue weighted by molar-refractivity contribution is 6.21. The number of fused-ring (bicyclic) bond motifs is 2. The number of carbonyl (C=O) groups excluding carboxylic acids is 3. The molecular weight excluding hydrogens is 344 g/mol. The number of ether oxygens (including phenoxy) is 1. The van der Waals surface area contributed by atoms with Gasteiger partial charge in [-0.1, -0.05) is 18.2 Å². The number of rotatable bonds is 3. The van der Waals surface area contributed by atoms with Crippen molar-refractivity contribution in [3.63, 3.8) is 0 Å². The molecule has 0 aliphatic carbocycles. The Labute approximate surface area is 157 Å². The summed E-state index contributed by atoms with van der Waals surface area (Å²) in [4.78, 5) is 40.8. The van der Waals surface area contributed by atoms with Crippen LogP contribution in [0.25, 0.3) is 0 Å². The SMILES string of the molecule is COc1ccc2c(c1)C(CN1C(=O)c3ccccc3C1=O)N(C(C)=O)CC2. The number of amides is 3. The summed E-state index contributed by atoms with van der Waals surface area (Å²) < 4.78 is 5.34. The van der Waals surface area contributed by atoms with E-state index in [1.807, 2.05) is 18.2 Å². The third-order valence-electron chi connectivity index (χ3n) is 5.35. The fourth-order valence-electron chi connectivity index (χ4n) is 3.95. The summed E-state index contributed by atoms with van der Waals surface area (Å²) in [6, 6.07) is 12.2. The minimum absolute atomic E-state index is 0.0786. The second kappa shape index (κ2) is 6.54. The van der Waals surface area contributed by atoms with Crippen molar-refractivity contribution in [3.8, 4) is 5.75 Å². The Morgan fingerprint density at radius 2 is 1.78 bits per heavy atom. The molecule has 1 atom stereocenters. The summed E-state index contributed by atoms with van der Waals surface area (Å²) in [5, 5.41) is 0. The van der Waals surface area contributed by atoms with Gasteiger partial charge < -0.3 is 9.64 Å². The second-order valence-corrected chi connectivity index (χ2v) is 6.81. The molecule has 6 heteroatoms. The molecule has 4 rings (SSSR count). The first-order valence-corrected chi connectivity index (χ1v) is 8.90. The highest BCUT2D eigenvalue weighted by Gasteiger charge is 2.39. The molecule has 0 spiro atoms. The average Bonchev–Trinajstić information content (AvgIpc) is 2.92. The van der Waals surface area contributed by atoms with Gasteiger partial charge in [-0.3, -0.25) is 19.3 Å². The van der Waals surface area contributed by atoms with Gasteiger partial charge in [-0.05, 0) is 41.8 Å². The van der Waals surface area contributed by atoms with Gasteiger partial charge in [0.15, 0.2) is 0 Å². The Hall–Kier alpha value is -3.15. The number of hydrogen-bond donors (Lipinski definition) is 0. The van der Waals surface area contributed by atoms with Crippen LogP contribution in [0.4, 0.5) is 0 Å². The smallest absolute Gasteiger partial charge is 0.261 e. The zero-order valence-electron chi connectivity index (χ0n) is 15.3. The van der Waals surface area contributed by atoms with E-state index in [4.69, 9.17) is 4.74 Å². The minimum Gasteiger partial charge on any atom is -0.497 e. The summed E-state index contributed by atoms with van der Waals surface area (Å²) in [5.74, 6) is -0.0140. The Morgan fingerprint density at radius 1 is 1.11 bits per heavy atom. The fraction of sp³-hybridized carbons (Fsp3) is 0.286. The first-order valence-electron chi connectivity index (χ1n) is 8.90. The molecule has 27 heavy (non-hydrogen) atoms. The molecule has 2 aromatic carbocycles. The number of benzene rings is 2. The third kappa shape index (κ3) is 2.77. The van der Waals surface area contributed by atoms with Gasteiger partial charge in [-0.2, -0.15) is 0 Å². The van der Waals surface area contributed by atoms with Crippen molar-refractivity contribution in [2.75, 3.05) is 20.2 Å². The molecule has 0 fully saturated rings. The Bertz CT molecular complexity index is 918. The molecule has 138 valence electrons. The van der Waals surface area contributed by atoms with Crippen LogP contribution < -0.4 is 4.74 Å². The van der Waals surface area contributed by atoms with E-state index in [9.17, 15) is 14.4 Å². The monoisotopic (exact) mass is 364 g/mol. The largest absolute Gasteiger partial charge is 0.497 e. The molecule has 2 aromatic rings. The van der Waals surface area contributed by atoms with Gasteiger partial charge in [0.1, 0.15) is 5.75 Å². The van der Waals surface area contributed by atoms with E-state index in [-0.39, 0.29) is 30.3 Å². The molecule has 2 heterocycles. The van der Waals surface area contributed by atoms with E-state index < -0.39 is 0 Å². The van der Waals surface area contributed by atoms with Gasteiger partial charge in [-0.25, -0.2) is 0 Å². The van der Waals surface area contributed by atoms with E-state index in [0.29, 0.717) is 23.4 Å². The number of carbonyl (C=O) groups is 3. The van der Waals surface area contributed by atoms with Crippen LogP contribution in [0.3, 0.4) is 0 Å². The number of imide groups is 1. The lowest BCUT2D eigenvalue weighted by molar-refractivity contribution is -0.132. The molecule has 2 aliphatic heterocycles. The lowest BCUT2D eigenvalue weighted by atomic mass is 9.91. The molecule has 2 aliphatic rings. The number of hydrogen-bond acceptors (Lipinski definition) is 4. The normalized spacial score (nSPS) is 18.4. The highest BCUT2D eigenvalue weighted by Crippen LogP contribution is 2.35. The first kappa shape index (κ1) is 17.3. The maximum atomic E-state index is 12.8. The lowest BCUT2D eigenvalue weighted by Gasteiger charge is -2.38. The molecule has 0 aromatic heterocycles. The molecule has 1 unspecified atom stereocenters. The first-order chi connectivity index (χ1) is 13.0. The van der Waals surface area contributed by atoms with Gasteiger partial charge in [0.25, 0.3) is 11.8 Å². The fourth-order valence-corrected chi connectivity index (χ4v) is 3.95. The Kier molecular flexibility index (Phi) is 4.18. The maximum Gasteiger partial charge on any atom is 0.261 e. The van der Waals surface area contributed by atoms with Crippen LogP contribution in [-0.2, 0) is 11.2 Å². The van der Waals surface area contributed by atoms with E-state index in [1.165, 1.54) is 11.8 Å². The molecule has 3 amide bonds. The lowest BCUT2D eigenvalue weighted by Crippen LogP contribution is -2.45. The van der Waals surface area contributed by atoms with Crippen LogP contribution in [0, 0.1) is 0 Å². The van der Waals surface area contributed by atoms with E-state index >= 15 is 0 Å². The van der Waals surface area contributed by atoms with Gasteiger partial charge in [0.05, 0.1) is 30.8 Å². The molecule has 0 N–H and O–H groups in total. The van der Waals surface area contributed by atoms with Crippen molar-refractivity contribution in [3.05, 3.63) is 64.7 Å². The van der Waals surface area contributed by atoms with E-state index in [2.05, 4.69) is 0 Å². The predicted molar refractivity (Wildman–Crippen MR) is 98.6 cm³/mol. The van der Waals surface area contributed by atoms with Crippen LogP contribution >= 0.6 is 0 Å². The summed E-state index contributed by atoms with van der Waals surface area (Å²) in [6.45, 7) is 2.20. The summed E-state index contributed by atoms with van der Waals surface area (Å²) >= 11 is 0. The number of methoxy groups -OCH3 is 1. The second-order valence-electron chi connectivity index (χ2n) is 6.81. The van der Waals surface area contributed by atoms with Crippen molar-refractivity contribution in [2.45, 2.75) is 19.4 Å². The van der Waals surface area contributed by atoms with Crippen LogP contribution in [0.15, 0.2) is 42.5 Å². The summed E-state index contributed by atoms with van der Waals surface area (Å²) in [6.07, 6.45) is 0.734. The topological polar surface area (TPSA) is 66.9 Å². The quantitative estimate of drug-likeness (QED) is 0.785. The van der Waals surface area contributed by atoms with E-state index in [0.717, 1.165) is 17.5 Å². The van der Waals surface area contributed by atoms with Crippen LogP contribution in [0.1, 0.15) is 44.8 Å². The van der Waals surface area contributed by atoms with Crippen molar-refractivity contribution in [1.29, 1.82) is 0 Å². The predicted octanol–water partition coefficient (Wildman–Crippen LogP) is 2.44. The summed E-state index contributed by atoms with van der Waals surface area (Å²) in [5.41, 5.74) is 2.86.